The van der Waals surface area contributed by atoms with E-state index in [9.17, 15) is 22.8 Å². The van der Waals surface area contributed by atoms with Gasteiger partial charge in [-0.25, -0.2) is 4.79 Å². The minimum absolute atomic E-state index is 0.0690. The van der Waals surface area contributed by atoms with Crippen LogP contribution >= 0.6 is 11.6 Å². The Hall–Kier alpha value is -2.98. The molecule has 0 spiro atoms. The minimum Gasteiger partial charge on any atom is -0.493 e. The number of carbonyl (C=O) groups excluding carboxylic acids is 2. The maximum atomic E-state index is 14.2. The number of methoxy groups -OCH3 is 2. The summed E-state index contributed by atoms with van der Waals surface area (Å²) in [5.41, 5.74) is -3.10. The SMILES string of the molecule is CCOC(=O)[C@@](NCCc1ccc(OC)c(OC)c1)(NC(=O)c1ccccc1Cl)C(F)(F)F. The summed E-state index contributed by atoms with van der Waals surface area (Å²) in [4.78, 5) is 25.2. The van der Waals surface area contributed by atoms with Crippen molar-refractivity contribution in [2.75, 3.05) is 27.4 Å². The number of halogens is 4. The number of carbonyl (C=O) groups is 2. The summed E-state index contributed by atoms with van der Waals surface area (Å²) in [6, 6.07) is 10.4. The van der Waals surface area contributed by atoms with Crippen molar-refractivity contribution >= 4 is 23.5 Å². The molecule has 0 heterocycles. The van der Waals surface area contributed by atoms with Crippen molar-refractivity contribution in [3.8, 4) is 11.5 Å². The number of ether oxygens (including phenoxy) is 3. The van der Waals surface area contributed by atoms with E-state index in [-0.39, 0.29) is 30.2 Å². The van der Waals surface area contributed by atoms with Gasteiger partial charge in [0.15, 0.2) is 11.5 Å². The molecule has 180 valence electrons. The maximum absolute atomic E-state index is 14.2. The van der Waals surface area contributed by atoms with Gasteiger partial charge in [0.1, 0.15) is 0 Å². The molecule has 2 aromatic rings. The molecule has 7 nitrogen and oxygen atoms in total. The van der Waals surface area contributed by atoms with Crippen molar-refractivity contribution < 1.29 is 37.0 Å². The van der Waals surface area contributed by atoms with E-state index in [0.717, 1.165) is 0 Å². The quantitative estimate of drug-likeness (QED) is 0.391. The van der Waals surface area contributed by atoms with Gasteiger partial charge in [-0.15, -0.1) is 0 Å². The Labute approximate surface area is 194 Å². The Bertz CT molecular complexity index is 987. The van der Waals surface area contributed by atoms with Crippen LogP contribution in [0, 0.1) is 0 Å². The third kappa shape index (κ3) is 6.08. The predicted octanol–water partition coefficient (Wildman–Crippen LogP) is 3.74. The molecule has 0 saturated heterocycles. The summed E-state index contributed by atoms with van der Waals surface area (Å²) in [5.74, 6) is -2.03. The first-order chi connectivity index (χ1) is 15.6. The zero-order chi connectivity index (χ0) is 24.6. The van der Waals surface area contributed by atoms with Crippen LogP contribution in [0.15, 0.2) is 42.5 Å². The van der Waals surface area contributed by atoms with E-state index < -0.39 is 23.7 Å². The Kier molecular flexibility index (Phi) is 8.95. The molecule has 2 aromatic carbocycles. The van der Waals surface area contributed by atoms with Crippen LogP contribution in [0.5, 0.6) is 11.5 Å². The molecule has 0 saturated carbocycles. The summed E-state index contributed by atoms with van der Waals surface area (Å²) in [7, 11) is 2.89. The highest BCUT2D eigenvalue weighted by molar-refractivity contribution is 6.33. The van der Waals surface area contributed by atoms with Crippen molar-refractivity contribution in [3.05, 3.63) is 58.6 Å². The van der Waals surface area contributed by atoms with Gasteiger partial charge in [-0.3, -0.25) is 10.1 Å². The largest absolute Gasteiger partial charge is 0.493 e. The number of esters is 1. The highest BCUT2D eigenvalue weighted by Gasteiger charge is 2.63. The van der Waals surface area contributed by atoms with Gasteiger partial charge in [-0.2, -0.15) is 13.2 Å². The Morgan fingerprint density at radius 2 is 1.70 bits per heavy atom. The van der Waals surface area contributed by atoms with Crippen LogP contribution in [0.4, 0.5) is 13.2 Å². The Balaban J connectivity index is 2.33. The first kappa shape index (κ1) is 26.3. The molecule has 1 atom stereocenters. The lowest BCUT2D eigenvalue weighted by Crippen LogP contribution is -2.73. The molecule has 0 bridgehead atoms. The van der Waals surface area contributed by atoms with E-state index in [4.69, 9.17) is 21.1 Å². The maximum Gasteiger partial charge on any atom is 0.436 e. The van der Waals surface area contributed by atoms with Gasteiger partial charge in [0.05, 0.1) is 31.4 Å². The van der Waals surface area contributed by atoms with Crippen molar-refractivity contribution in [2.24, 2.45) is 0 Å². The zero-order valence-corrected chi connectivity index (χ0v) is 19.0. The van der Waals surface area contributed by atoms with E-state index in [1.54, 1.807) is 23.5 Å². The fourth-order valence-electron chi connectivity index (χ4n) is 3.01. The van der Waals surface area contributed by atoms with Crippen molar-refractivity contribution in [2.45, 2.75) is 25.2 Å². The summed E-state index contributed by atoms with van der Waals surface area (Å²) in [6.45, 7) is 0.700. The molecule has 11 heteroatoms. The van der Waals surface area contributed by atoms with Gasteiger partial charge in [0.25, 0.3) is 11.6 Å². The molecular formula is C22H24ClF3N2O5. The van der Waals surface area contributed by atoms with Crippen LogP contribution < -0.4 is 20.1 Å². The van der Waals surface area contributed by atoms with Crippen LogP contribution in [-0.4, -0.2) is 51.1 Å². The molecular weight excluding hydrogens is 465 g/mol. The van der Waals surface area contributed by atoms with Crippen LogP contribution in [-0.2, 0) is 16.0 Å². The van der Waals surface area contributed by atoms with E-state index in [1.165, 1.54) is 45.4 Å². The summed E-state index contributed by atoms with van der Waals surface area (Å²) >= 11 is 5.94. The van der Waals surface area contributed by atoms with Crippen LogP contribution in [0.1, 0.15) is 22.8 Å². The van der Waals surface area contributed by atoms with Crippen LogP contribution in [0.3, 0.4) is 0 Å². The Morgan fingerprint density at radius 3 is 2.27 bits per heavy atom. The van der Waals surface area contributed by atoms with Crippen LogP contribution in [0.25, 0.3) is 0 Å². The standard InChI is InChI=1S/C22H24ClF3N2O5/c1-4-33-20(30)21(22(24,25)26,28-19(29)15-7-5-6-8-16(15)23)27-12-11-14-9-10-17(31-2)18(13-14)32-3/h5-10,13,27H,4,11-12H2,1-3H3,(H,28,29)/t21-/m1/s1. The minimum atomic E-state index is -5.23. The molecule has 0 aliphatic carbocycles. The molecule has 0 radical (unpaired) electrons. The number of nitrogens with one attached hydrogen (secondary N) is 2. The topological polar surface area (TPSA) is 85.9 Å². The number of benzene rings is 2. The molecule has 2 rings (SSSR count). The van der Waals surface area contributed by atoms with E-state index >= 15 is 0 Å². The molecule has 0 aliphatic heterocycles. The lowest BCUT2D eigenvalue weighted by atomic mass is 10.1. The monoisotopic (exact) mass is 488 g/mol. The second-order valence-electron chi connectivity index (χ2n) is 6.77. The van der Waals surface area contributed by atoms with E-state index in [1.807, 2.05) is 0 Å². The van der Waals surface area contributed by atoms with Gasteiger partial charge in [-0.05, 0) is 43.2 Å². The highest BCUT2D eigenvalue weighted by Crippen LogP contribution is 2.31. The second-order valence-corrected chi connectivity index (χ2v) is 7.18. The number of amides is 1. The van der Waals surface area contributed by atoms with E-state index in [2.05, 4.69) is 10.1 Å². The lowest BCUT2D eigenvalue weighted by molar-refractivity contribution is -0.218. The number of hydrogen-bond acceptors (Lipinski definition) is 6. The average molecular weight is 489 g/mol. The molecule has 33 heavy (non-hydrogen) atoms. The Morgan fingerprint density at radius 1 is 1.03 bits per heavy atom. The molecule has 0 aliphatic rings. The van der Waals surface area contributed by atoms with Gasteiger partial charge < -0.3 is 19.5 Å². The second kappa shape index (κ2) is 11.2. The summed E-state index contributed by atoms with van der Waals surface area (Å²) in [6.07, 6.45) is -5.16. The third-order valence-electron chi connectivity index (χ3n) is 4.68. The molecule has 1 amide bonds. The van der Waals surface area contributed by atoms with Crippen molar-refractivity contribution in [1.29, 1.82) is 0 Å². The number of hydrogen-bond donors (Lipinski definition) is 2. The molecule has 0 unspecified atom stereocenters. The normalized spacial score (nSPS) is 13.1. The summed E-state index contributed by atoms with van der Waals surface area (Å²) in [5, 5.41) is 3.84. The molecule has 0 aromatic heterocycles. The smallest absolute Gasteiger partial charge is 0.436 e. The van der Waals surface area contributed by atoms with E-state index in [0.29, 0.717) is 17.1 Å². The fraction of sp³-hybridized carbons (Fsp3) is 0.364. The lowest BCUT2D eigenvalue weighted by Gasteiger charge is -2.35. The highest BCUT2D eigenvalue weighted by atomic mass is 35.5. The van der Waals surface area contributed by atoms with Gasteiger partial charge >= 0.3 is 12.1 Å². The molecule has 0 fully saturated rings. The van der Waals surface area contributed by atoms with Crippen LogP contribution in [0.2, 0.25) is 5.02 Å². The number of rotatable bonds is 10. The summed E-state index contributed by atoms with van der Waals surface area (Å²) < 4.78 is 57.7. The molecule has 2 N–H and O–H groups in total. The van der Waals surface area contributed by atoms with Gasteiger partial charge in [0, 0.05) is 6.54 Å². The third-order valence-corrected chi connectivity index (χ3v) is 5.01. The number of alkyl halides is 3. The van der Waals surface area contributed by atoms with Gasteiger partial charge in [-0.1, -0.05) is 29.8 Å². The van der Waals surface area contributed by atoms with Crippen molar-refractivity contribution in [1.82, 2.24) is 10.6 Å². The first-order valence-electron chi connectivity index (χ1n) is 9.86. The van der Waals surface area contributed by atoms with Gasteiger partial charge in [0.2, 0.25) is 0 Å². The first-order valence-corrected chi connectivity index (χ1v) is 10.2. The average Bonchev–Trinajstić information content (AvgIpc) is 2.77. The fourth-order valence-corrected chi connectivity index (χ4v) is 3.23. The zero-order valence-electron chi connectivity index (χ0n) is 18.2. The predicted molar refractivity (Wildman–Crippen MR) is 116 cm³/mol. The van der Waals surface area contributed by atoms with Crippen molar-refractivity contribution in [3.63, 3.8) is 0 Å².